The molecule has 0 heterocycles. The molecule has 0 aliphatic rings. The van der Waals surface area contributed by atoms with Crippen molar-refractivity contribution in [2.24, 2.45) is 0 Å². The molecule has 0 radical (unpaired) electrons. The first kappa shape index (κ1) is 12.8. The number of benzene rings is 1. The summed E-state index contributed by atoms with van der Waals surface area (Å²) in [5, 5.41) is 16.1. The first-order chi connectivity index (χ1) is 8.58. The van der Waals surface area contributed by atoms with Gasteiger partial charge in [-0.15, -0.1) is 0 Å². The molecule has 0 unspecified atom stereocenters. The van der Waals surface area contributed by atoms with Gasteiger partial charge in [0.2, 0.25) is 0 Å². The summed E-state index contributed by atoms with van der Waals surface area (Å²) in [5.74, 6) is -2.68. The molecule has 84 valence electrons. The lowest BCUT2D eigenvalue weighted by atomic mass is 10.1. The molecule has 0 aromatic heterocycles. The summed E-state index contributed by atoms with van der Waals surface area (Å²) in [4.78, 5) is 5.53. The molecule has 0 aliphatic heterocycles. The summed E-state index contributed by atoms with van der Waals surface area (Å²) >= 11 is 0. The van der Waals surface area contributed by atoms with Crippen LogP contribution in [0.2, 0.25) is 0 Å². The average Bonchev–Trinajstić information content (AvgIpc) is 2.37. The topological polar surface area (TPSA) is 56.3 Å². The van der Waals surface area contributed by atoms with Crippen LogP contribution in [0.15, 0.2) is 12.1 Å². The molecular weight excluding hydrogens is 238 g/mol. The van der Waals surface area contributed by atoms with Crippen LogP contribution in [0.25, 0.3) is 21.1 Å². The van der Waals surface area contributed by atoms with Gasteiger partial charge in [-0.3, -0.25) is 0 Å². The highest BCUT2D eigenvalue weighted by molar-refractivity contribution is 5.72. The molecule has 0 saturated carbocycles. The molecule has 0 bridgehead atoms. The van der Waals surface area contributed by atoms with Crippen molar-refractivity contribution in [1.29, 1.82) is 10.5 Å². The summed E-state index contributed by atoms with van der Waals surface area (Å²) in [6, 6.07) is 4.13. The average molecular weight is 240 g/mol. The Hall–Kier alpha value is -3.22. The van der Waals surface area contributed by atoms with Crippen molar-refractivity contribution >= 4 is 11.4 Å². The number of rotatable bonds is 0. The van der Waals surface area contributed by atoms with E-state index in [1.807, 2.05) is 0 Å². The summed E-state index contributed by atoms with van der Waals surface area (Å²) < 4.78 is 27.2. The quantitative estimate of drug-likeness (QED) is 0.637. The van der Waals surface area contributed by atoms with Gasteiger partial charge in [-0.1, -0.05) is 0 Å². The SMILES string of the molecule is [C-]#[N+]C([N+]#[C-])=c1cc(F)c(=C(C#N)C#N)cc1F. The lowest BCUT2D eigenvalue weighted by Crippen LogP contribution is -2.20. The van der Waals surface area contributed by atoms with E-state index < -0.39 is 33.5 Å². The molecule has 0 saturated heterocycles. The van der Waals surface area contributed by atoms with Crippen molar-refractivity contribution in [2.45, 2.75) is 0 Å². The lowest BCUT2D eigenvalue weighted by molar-refractivity contribution is 0.585. The van der Waals surface area contributed by atoms with Gasteiger partial charge < -0.3 is 0 Å². The molecule has 1 rings (SSSR count). The second kappa shape index (κ2) is 5.21. The van der Waals surface area contributed by atoms with E-state index in [1.54, 1.807) is 0 Å². The molecule has 1 aromatic rings. The van der Waals surface area contributed by atoms with Gasteiger partial charge in [-0.25, -0.2) is 8.78 Å². The molecule has 0 amide bonds. The number of hydrogen-bond acceptors (Lipinski definition) is 2. The van der Waals surface area contributed by atoms with Crippen molar-refractivity contribution in [2.75, 3.05) is 0 Å². The minimum atomic E-state index is -1.03. The van der Waals surface area contributed by atoms with Crippen molar-refractivity contribution in [3.05, 3.63) is 57.0 Å². The zero-order valence-electron chi connectivity index (χ0n) is 8.70. The molecule has 1 aromatic carbocycles. The maximum absolute atomic E-state index is 13.6. The Labute approximate surface area is 101 Å². The van der Waals surface area contributed by atoms with Gasteiger partial charge >= 0.3 is 5.82 Å². The summed E-state index contributed by atoms with van der Waals surface area (Å²) in [5.41, 5.74) is -0.579. The number of nitriles is 2. The third-order valence-corrected chi connectivity index (χ3v) is 2.00. The summed E-state index contributed by atoms with van der Waals surface area (Å²) in [6.07, 6.45) is 0. The largest absolute Gasteiger partial charge is 0.529 e. The fraction of sp³-hybridized carbons (Fsp3) is 0. The Bertz CT molecular complexity index is 693. The summed E-state index contributed by atoms with van der Waals surface area (Å²) in [6.45, 7) is 13.3. The predicted octanol–water partition coefficient (Wildman–Crippen LogP) is 1.07. The van der Waals surface area contributed by atoms with E-state index in [-0.39, 0.29) is 0 Å². The van der Waals surface area contributed by atoms with Gasteiger partial charge in [-0.05, 0) is 12.1 Å². The smallest absolute Gasteiger partial charge is 0.207 e. The van der Waals surface area contributed by atoms with Crippen LogP contribution in [0.3, 0.4) is 0 Å². The van der Waals surface area contributed by atoms with Gasteiger partial charge in [0.15, 0.2) is 0 Å². The van der Waals surface area contributed by atoms with E-state index in [2.05, 4.69) is 9.69 Å². The Morgan fingerprint density at radius 1 is 1.00 bits per heavy atom. The van der Waals surface area contributed by atoms with Crippen molar-refractivity contribution in [1.82, 2.24) is 0 Å². The Kier molecular flexibility index (Phi) is 3.72. The fourth-order valence-corrected chi connectivity index (χ4v) is 1.20. The van der Waals surface area contributed by atoms with Crippen molar-refractivity contribution in [3.63, 3.8) is 0 Å². The minimum absolute atomic E-state index is 0.489. The van der Waals surface area contributed by atoms with Gasteiger partial charge in [0.05, 0.1) is 0 Å². The van der Waals surface area contributed by atoms with E-state index >= 15 is 0 Å². The van der Waals surface area contributed by atoms with Gasteiger partial charge in [0.25, 0.3) is 0 Å². The van der Waals surface area contributed by atoms with Crippen LogP contribution in [0.4, 0.5) is 8.78 Å². The predicted molar refractivity (Wildman–Crippen MR) is 56.9 cm³/mol. The summed E-state index contributed by atoms with van der Waals surface area (Å²) in [7, 11) is 0. The van der Waals surface area contributed by atoms with Gasteiger partial charge in [-0.2, -0.15) is 20.2 Å². The number of nitrogens with zero attached hydrogens (tertiary/aromatic N) is 4. The van der Waals surface area contributed by atoms with E-state index in [0.717, 1.165) is 0 Å². The van der Waals surface area contributed by atoms with E-state index in [1.165, 1.54) is 12.1 Å². The number of halogens is 2. The zero-order chi connectivity index (χ0) is 13.7. The molecule has 0 N–H and O–H groups in total. The third-order valence-electron chi connectivity index (χ3n) is 2.00. The van der Waals surface area contributed by atoms with E-state index in [9.17, 15) is 8.78 Å². The van der Waals surface area contributed by atoms with Crippen LogP contribution in [0.5, 0.6) is 0 Å². The maximum Gasteiger partial charge on any atom is 0.529 e. The van der Waals surface area contributed by atoms with E-state index in [4.69, 9.17) is 23.7 Å². The standard InChI is InChI=1S/C12H2F2N4/c1-17-12(18-2)9-4-10(13)8(3-11(9)14)7(5-15)6-16/h3-4H. The van der Waals surface area contributed by atoms with Crippen LogP contribution < -0.4 is 10.4 Å². The normalized spacial score (nSPS) is 8.33. The van der Waals surface area contributed by atoms with Crippen molar-refractivity contribution < 1.29 is 8.78 Å². The van der Waals surface area contributed by atoms with Crippen LogP contribution in [-0.2, 0) is 0 Å². The van der Waals surface area contributed by atoms with E-state index in [0.29, 0.717) is 12.1 Å². The molecule has 0 aliphatic carbocycles. The first-order valence-corrected chi connectivity index (χ1v) is 4.37. The van der Waals surface area contributed by atoms with Gasteiger partial charge in [0.1, 0.15) is 47.7 Å². The lowest BCUT2D eigenvalue weighted by Gasteiger charge is -1.93. The number of hydrogen-bond donors (Lipinski definition) is 0. The van der Waals surface area contributed by atoms with Crippen LogP contribution >= 0.6 is 0 Å². The maximum atomic E-state index is 13.6. The van der Waals surface area contributed by atoms with Crippen molar-refractivity contribution in [3.8, 4) is 12.1 Å². The first-order valence-electron chi connectivity index (χ1n) is 4.37. The molecule has 0 fully saturated rings. The third kappa shape index (κ3) is 2.14. The monoisotopic (exact) mass is 240 g/mol. The highest BCUT2D eigenvalue weighted by atomic mass is 19.1. The molecule has 0 spiro atoms. The molecular formula is C12H2F2N4. The molecule has 6 heteroatoms. The molecule has 4 nitrogen and oxygen atoms in total. The second-order valence-electron chi connectivity index (χ2n) is 2.96. The van der Waals surface area contributed by atoms with Gasteiger partial charge in [0, 0.05) is 5.22 Å². The highest BCUT2D eigenvalue weighted by Crippen LogP contribution is 2.00. The van der Waals surface area contributed by atoms with Crippen LogP contribution in [0.1, 0.15) is 0 Å². The van der Waals surface area contributed by atoms with Crippen LogP contribution in [0, 0.1) is 47.4 Å². The molecule has 18 heavy (non-hydrogen) atoms. The Morgan fingerprint density at radius 3 is 1.89 bits per heavy atom. The minimum Gasteiger partial charge on any atom is -0.207 e. The highest BCUT2D eigenvalue weighted by Gasteiger charge is 2.12. The molecule has 0 atom stereocenters. The fourth-order valence-electron chi connectivity index (χ4n) is 1.20. The zero-order valence-corrected chi connectivity index (χ0v) is 8.70. The Balaban J connectivity index is 3.96. The Morgan fingerprint density at radius 2 is 1.44 bits per heavy atom. The second-order valence-corrected chi connectivity index (χ2v) is 2.96. The van der Waals surface area contributed by atoms with Crippen LogP contribution in [-0.4, -0.2) is 0 Å².